The lowest BCUT2D eigenvalue weighted by Gasteiger charge is -2.19. The largest absolute Gasteiger partial charge is 0.496 e. The molecule has 10 heteroatoms. The minimum absolute atomic E-state index is 0.0839. The molecular weight excluding hydrogens is 442 g/mol. The molecular formula is C24H27N3O7. The number of nitrogens with zero attached hydrogens (tertiary/aromatic N) is 1. The molecule has 0 bridgehead atoms. The summed E-state index contributed by atoms with van der Waals surface area (Å²) in [6.07, 6.45) is -0.152. The fourth-order valence-corrected chi connectivity index (χ4v) is 3.67. The lowest BCUT2D eigenvalue weighted by Crippen LogP contribution is -2.43. The number of aryl methyl sites for hydroxylation is 2. The van der Waals surface area contributed by atoms with E-state index < -0.39 is 36.2 Å². The van der Waals surface area contributed by atoms with Crippen molar-refractivity contribution in [3.05, 3.63) is 53.1 Å². The van der Waals surface area contributed by atoms with Gasteiger partial charge in [-0.3, -0.25) is 29.6 Å². The maximum atomic E-state index is 12.8. The Morgan fingerprint density at radius 3 is 2.18 bits per heavy atom. The number of hydrazine groups is 1. The molecule has 0 aliphatic carbocycles. The van der Waals surface area contributed by atoms with Crippen LogP contribution in [0.3, 0.4) is 0 Å². The molecule has 180 valence electrons. The maximum absolute atomic E-state index is 12.8. The molecule has 1 fully saturated rings. The van der Waals surface area contributed by atoms with Gasteiger partial charge in [0.2, 0.25) is 5.91 Å². The first-order valence-corrected chi connectivity index (χ1v) is 10.6. The van der Waals surface area contributed by atoms with E-state index in [1.165, 1.54) is 14.2 Å². The van der Waals surface area contributed by atoms with E-state index in [4.69, 9.17) is 14.2 Å². The quantitative estimate of drug-likeness (QED) is 0.567. The van der Waals surface area contributed by atoms with Gasteiger partial charge >= 0.3 is 5.97 Å². The van der Waals surface area contributed by atoms with Crippen molar-refractivity contribution in [3.63, 3.8) is 0 Å². The summed E-state index contributed by atoms with van der Waals surface area (Å²) in [4.78, 5) is 49.9. The average Bonchev–Trinajstić information content (AvgIpc) is 3.19. The topological polar surface area (TPSA) is 123 Å². The highest BCUT2D eigenvalue weighted by Gasteiger charge is 2.37. The van der Waals surface area contributed by atoms with Crippen molar-refractivity contribution in [1.29, 1.82) is 0 Å². The first-order valence-electron chi connectivity index (χ1n) is 10.6. The molecule has 3 rings (SSSR count). The molecule has 2 aromatic carbocycles. The van der Waals surface area contributed by atoms with Crippen molar-refractivity contribution in [1.82, 2.24) is 10.4 Å². The van der Waals surface area contributed by atoms with Crippen LogP contribution >= 0.6 is 0 Å². The highest BCUT2D eigenvalue weighted by Crippen LogP contribution is 2.28. The molecule has 2 aromatic rings. The number of hydrogen-bond acceptors (Lipinski definition) is 7. The van der Waals surface area contributed by atoms with Crippen molar-refractivity contribution in [2.75, 3.05) is 32.7 Å². The molecule has 1 heterocycles. The van der Waals surface area contributed by atoms with Gasteiger partial charge in [-0.2, -0.15) is 0 Å². The van der Waals surface area contributed by atoms with Crippen LogP contribution in [0.25, 0.3) is 0 Å². The number of anilines is 1. The maximum Gasteiger partial charge on any atom is 0.311 e. The molecule has 0 spiro atoms. The van der Waals surface area contributed by atoms with Crippen LogP contribution in [0.5, 0.6) is 11.5 Å². The summed E-state index contributed by atoms with van der Waals surface area (Å²) in [6, 6.07) is 10.5. The minimum Gasteiger partial charge on any atom is -0.496 e. The van der Waals surface area contributed by atoms with E-state index in [1.54, 1.807) is 18.2 Å². The standard InChI is InChI=1S/C24H27N3O7/c1-14-7-5-8-15(2)22(14)25-19(28)13-34-24(31)16-11-20(29)27(12-16)26-23(30)21-17(32-3)9-6-10-18(21)33-4/h5-10,16H,11-13H2,1-4H3,(H,25,28)(H,26,30)/t16-/m1/s1. The number of methoxy groups -OCH3 is 2. The van der Waals surface area contributed by atoms with E-state index in [9.17, 15) is 19.2 Å². The van der Waals surface area contributed by atoms with Crippen LogP contribution in [0.2, 0.25) is 0 Å². The average molecular weight is 469 g/mol. The summed E-state index contributed by atoms with van der Waals surface area (Å²) in [5.41, 5.74) is 5.05. The molecule has 0 radical (unpaired) electrons. The Hall–Kier alpha value is -4.08. The van der Waals surface area contributed by atoms with Crippen LogP contribution in [0.4, 0.5) is 5.69 Å². The second-order valence-electron chi connectivity index (χ2n) is 7.81. The van der Waals surface area contributed by atoms with Gasteiger partial charge in [0, 0.05) is 12.1 Å². The van der Waals surface area contributed by atoms with Crippen LogP contribution in [0, 0.1) is 19.8 Å². The molecule has 34 heavy (non-hydrogen) atoms. The van der Waals surface area contributed by atoms with Crippen LogP contribution in [0.15, 0.2) is 36.4 Å². The predicted octanol–water partition coefficient (Wildman–Crippen LogP) is 2.00. The number of carbonyl (C=O) groups excluding carboxylic acids is 4. The molecule has 1 atom stereocenters. The molecule has 0 unspecified atom stereocenters. The van der Waals surface area contributed by atoms with Crippen LogP contribution in [-0.4, -0.2) is 56.1 Å². The number of benzene rings is 2. The fourth-order valence-electron chi connectivity index (χ4n) is 3.67. The van der Waals surface area contributed by atoms with Crippen molar-refractivity contribution in [3.8, 4) is 11.5 Å². The normalized spacial score (nSPS) is 15.0. The van der Waals surface area contributed by atoms with E-state index in [0.717, 1.165) is 16.1 Å². The molecule has 1 saturated heterocycles. The van der Waals surface area contributed by atoms with Gasteiger partial charge in [-0.1, -0.05) is 24.3 Å². The molecule has 1 aliphatic rings. The van der Waals surface area contributed by atoms with E-state index in [-0.39, 0.29) is 30.0 Å². The fraction of sp³-hybridized carbons (Fsp3) is 0.333. The van der Waals surface area contributed by atoms with Crippen LogP contribution in [-0.2, 0) is 19.1 Å². The summed E-state index contributed by atoms with van der Waals surface area (Å²) in [6.45, 7) is 3.16. The Kier molecular flexibility index (Phi) is 7.72. The zero-order valence-corrected chi connectivity index (χ0v) is 19.5. The number of para-hydroxylation sites is 1. The molecule has 2 N–H and O–H groups in total. The molecule has 0 aromatic heterocycles. The van der Waals surface area contributed by atoms with Crippen LogP contribution in [0.1, 0.15) is 27.9 Å². The monoisotopic (exact) mass is 469 g/mol. The Bertz CT molecular complexity index is 1070. The van der Waals surface area contributed by atoms with Crippen molar-refractivity contribution in [2.24, 2.45) is 5.92 Å². The Morgan fingerprint density at radius 2 is 1.59 bits per heavy atom. The van der Waals surface area contributed by atoms with Crippen LogP contribution < -0.4 is 20.2 Å². The number of amides is 3. The molecule has 1 aliphatic heterocycles. The molecule has 10 nitrogen and oxygen atoms in total. The Morgan fingerprint density at radius 1 is 1.00 bits per heavy atom. The summed E-state index contributed by atoms with van der Waals surface area (Å²) >= 11 is 0. The number of carbonyl (C=O) groups is 4. The summed E-state index contributed by atoms with van der Waals surface area (Å²) in [5, 5.41) is 3.79. The summed E-state index contributed by atoms with van der Waals surface area (Å²) < 4.78 is 15.5. The second-order valence-corrected chi connectivity index (χ2v) is 7.81. The highest BCUT2D eigenvalue weighted by atomic mass is 16.5. The molecule has 0 saturated carbocycles. The third kappa shape index (κ3) is 5.45. The summed E-state index contributed by atoms with van der Waals surface area (Å²) in [5.74, 6) is -2.53. The van der Waals surface area contributed by atoms with E-state index in [2.05, 4.69) is 10.7 Å². The third-order valence-electron chi connectivity index (χ3n) is 5.44. The first-order chi connectivity index (χ1) is 16.2. The smallest absolute Gasteiger partial charge is 0.311 e. The van der Waals surface area contributed by atoms with E-state index in [0.29, 0.717) is 5.69 Å². The number of rotatable bonds is 8. The van der Waals surface area contributed by atoms with Gasteiger partial charge in [-0.25, -0.2) is 0 Å². The third-order valence-corrected chi connectivity index (χ3v) is 5.44. The predicted molar refractivity (Wildman–Crippen MR) is 122 cm³/mol. The van der Waals surface area contributed by atoms with Gasteiger partial charge in [0.05, 0.1) is 26.7 Å². The number of nitrogens with one attached hydrogen (secondary N) is 2. The minimum atomic E-state index is -0.819. The van der Waals surface area contributed by atoms with E-state index in [1.807, 2.05) is 32.0 Å². The zero-order chi connectivity index (χ0) is 24.8. The Labute approximate surface area is 197 Å². The van der Waals surface area contributed by atoms with Gasteiger partial charge in [-0.05, 0) is 37.1 Å². The van der Waals surface area contributed by atoms with Gasteiger partial charge in [-0.15, -0.1) is 0 Å². The van der Waals surface area contributed by atoms with Gasteiger partial charge in [0.1, 0.15) is 17.1 Å². The second kappa shape index (κ2) is 10.7. The first kappa shape index (κ1) is 24.6. The van der Waals surface area contributed by atoms with Gasteiger partial charge < -0.3 is 19.5 Å². The van der Waals surface area contributed by atoms with Crippen molar-refractivity contribution in [2.45, 2.75) is 20.3 Å². The Balaban J connectivity index is 1.57. The van der Waals surface area contributed by atoms with Crippen molar-refractivity contribution < 1.29 is 33.4 Å². The number of hydrogen-bond donors (Lipinski definition) is 2. The van der Waals surface area contributed by atoms with Crippen molar-refractivity contribution >= 4 is 29.4 Å². The summed E-state index contributed by atoms with van der Waals surface area (Å²) in [7, 11) is 2.82. The lowest BCUT2D eigenvalue weighted by molar-refractivity contribution is -0.151. The van der Waals surface area contributed by atoms with Gasteiger partial charge in [0.25, 0.3) is 11.8 Å². The molecule has 3 amide bonds. The number of ether oxygens (including phenoxy) is 3. The lowest BCUT2D eigenvalue weighted by atomic mass is 10.1. The van der Waals surface area contributed by atoms with E-state index >= 15 is 0 Å². The zero-order valence-electron chi connectivity index (χ0n) is 19.5. The van der Waals surface area contributed by atoms with Gasteiger partial charge in [0.15, 0.2) is 6.61 Å². The highest BCUT2D eigenvalue weighted by molar-refractivity contribution is 6.01. The SMILES string of the molecule is COc1cccc(OC)c1C(=O)NN1C[C@H](C(=O)OCC(=O)Nc2c(C)cccc2C)CC1=O. The number of esters is 1.